The third-order valence-electron chi connectivity index (χ3n) is 6.93. The molecule has 0 unspecified atom stereocenters. The molecule has 0 spiro atoms. The average molecular weight is 498 g/mol. The van der Waals surface area contributed by atoms with Crippen molar-refractivity contribution in [3.63, 3.8) is 0 Å². The van der Waals surface area contributed by atoms with E-state index in [9.17, 15) is 9.18 Å². The van der Waals surface area contributed by atoms with Crippen LogP contribution in [0.5, 0.6) is 0 Å². The highest BCUT2D eigenvalue weighted by molar-refractivity contribution is 6.30. The van der Waals surface area contributed by atoms with Crippen LogP contribution in [0.3, 0.4) is 0 Å². The van der Waals surface area contributed by atoms with Crippen molar-refractivity contribution in [2.24, 2.45) is 0 Å². The number of nitrogens with zero attached hydrogens (tertiary/aromatic N) is 2. The molecule has 180 valence electrons. The van der Waals surface area contributed by atoms with Crippen molar-refractivity contribution in [2.75, 3.05) is 5.32 Å². The maximum absolute atomic E-state index is 13.9. The molecule has 6 heteroatoms. The minimum absolute atomic E-state index is 0.217. The fourth-order valence-corrected chi connectivity index (χ4v) is 5.34. The highest BCUT2D eigenvalue weighted by atomic mass is 35.5. The SMILES string of the molecule is Cc1ccc(-c2cn3c(C(=O)Nc4ccc(Cl)cc4)c(-c4ccc(F)cc4)c4c3n2CCCC4)cc1. The summed E-state index contributed by atoms with van der Waals surface area (Å²) in [4.78, 5) is 13.9. The lowest BCUT2D eigenvalue weighted by molar-refractivity contribution is 0.102. The number of rotatable bonds is 4. The first-order chi connectivity index (χ1) is 17.5. The van der Waals surface area contributed by atoms with Gasteiger partial charge in [-0.2, -0.15) is 0 Å². The summed E-state index contributed by atoms with van der Waals surface area (Å²) in [7, 11) is 0. The van der Waals surface area contributed by atoms with Gasteiger partial charge in [0.15, 0.2) is 0 Å². The molecule has 5 aromatic rings. The van der Waals surface area contributed by atoms with Crippen LogP contribution >= 0.6 is 11.6 Å². The molecule has 0 radical (unpaired) electrons. The van der Waals surface area contributed by atoms with Gasteiger partial charge in [-0.05, 0) is 73.7 Å². The second-order valence-electron chi connectivity index (χ2n) is 9.35. The molecule has 36 heavy (non-hydrogen) atoms. The van der Waals surface area contributed by atoms with Crippen LogP contribution in [0.4, 0.5) is 10.1 Å². The lowest BCUT2D eigenvalue weighted by atomic mass is 9.97. The third kappa shape index (κ3) is 3.90. The molecule has 1 aliphatic heterocycles. The molecule has 0 bridgehead atoms. The Hall–Kier alpha value is -3.83. The molecule has 0 aliphatic carbocycles. The molecule has 3 heterocycles. The number of anilines is 1. The van der Waals surface area contributed by atoms with E-state index in [1.54, 1.807) is 36.4 Å². The fraction of sp³-hybridized carbons (Fsp3) is 0.167. The monoisotopic (exact) mass is 497 g/mol. The Morgan fingerprint density at radius 1 is 0.917 bits per heavy atom. The second-order valence-corrected chi connectivity index (χ2v) is 9.79. The molecule has 4 nitrogen and oxygen atoms in total. The molecule has 3 aromatic carbocycles. The van der Waals surface area contributed by atoms with Gasteiger partial charge in [0, 0.05) is 34.6 Å². The summed E-state index contributed by atoms with van der Waals surface area (Å²) >= 11 is 6.04. The summed E-state index contributed by atoms with van der Waals surface area (Å²) in [6, 6.07) is 22.0. The number of aromatic nitrogens is 2. The van der Waals surface area contributed by atoms with E-state index < -0.39 is 0 Å². The molecule has 0 saturated heterocycles. The Labute approximate surface area is 214 Å². The standard InChI is InChI=1S/C30H25ClFN3O/c1-19-5-7-20(8-6-19)26-18-35-28(29(36)33-24-15-11-22(31)12-16-24)27(21-9-13-23(32)14-10-21)25-4-2-3-17-34(26)30(25)35/h5-16,18H,2-4,17H2,1H3,(H,33,36). The molecule has 0 fully saturated rings. The zero-order valence-electron chi connectivity index (χ0n) is 19.9. The molecule has 6 rings (SSSR count). The summed E-state index contributed by atoms with van der Waals surface area (Å²) in [5, 5.41) is 3.65. The van der Waals surface area contributed by atoms with Gasteiger partial charge >= 0.3 is 0 Å². The largest absolute Gasteiger partial charge is 0.325 e. The van der Waals surface area contributed by atoms with Gasteiger partial charge < -0.3 is 9.88 Å². The number of hydrogen-bond acceptors (Lipinski definition) is 1. The van der Waals surface area contributed by atoms with E-state index in [0.717, 1.165) is 59.4 Å². The van der Waals surface area contributed by atoms with Crippen LogP contribution in [0.15, 0.2) is 79.0 Å². The third-order valence-corrected chi connectivity index (χ3v) is 7.18. The van der Waals surface area contributed by atoms with Crippen molar-refractivity contribution in [3.05, 3.63) is 107 Å². The first-order valence-electron chi connectivity index (χ1n) is 12.2. The normalized spacial score (nSPS) is 13.1. The van der Waals surface area contributed by atoms with Gasteiger partial charge in [-0.3, -0.25) is 9.20 Å². The Morgan fingerprint density at radius 2 is 1.61 bits per heavy atom. The summed E-state index contributed by atoms with van der Waals surface area (Å²) in [5.41, 5.74) is 8.47. The predicted octanol–water partition coefficient (Wildman–Crippen LogP) is 7.76. The van der Waals surface area contributed by atoms with Gasteiger partial charge in [0.05, 0.1) is 5.69 Å². The van der Waals surface area contributed by atoms with Crippen molar-refractivity contribution < 1.29 is 9.18 Å². The summed E-state index contributed by atoms with van der Waals surface area (Å²) in [6.45, 7) is 2.95. The van der Waals surface area contributed by atoms with Gasteiger partial charge in [-0.15, -0.1) is 0 Å². The lowest BCUT2D eigenvalue weighted by Gasteiger charge is -2.10. The molecule has 0 saturated carbocycles. The van der Waals surface area contributed by atoms with Crippen LogP contribution in [0, 0.1) is 12.7 Å². The van der Waals surface area contributed by atoms with E-state index in [2.05, 4.69) is 47.3 Å². The number of carbonyl (C=O) groups excluding carboxylic acids is 1. The Kier molecular flexibility index (Phi) is 5.65. The topological polar surface area (TPSA) is 38.4 Å². The van der Waals surface area contributed by atoms with Crippen LogP contribution in [0.25, 0.3) is 28.0 Å². The smallest absolute Gasteiger partial charge is 0.273 e. The minimum Gasteiger partial charge on any atom is -0.325 e. The van der Waals surface area contributed by atoms with Crippen LogP contribution in [0.2, 0.25) is 5.02 Å². The maximum atomic E-state index is 13.9. The first-order valence-corrected chi connectivity index (χ1v) is 12.5. The first kappa shape index (κ1) is 22.6. The van der Waals surface area contributed by atoms with E-state index in [0.29, 0.717) is 16.4 Å². The second kappa shape index (κ2) is 8.99. The molecule has 0 atom stereocenters. The number of nitrogens with one attached hydrogen (secondary N) is 1. The number of imidazole rings is 1. The lowest BCUT2D eigenvalue weighted by Crippen LogP contribution is -2.15. The van der Waals surface area contributed by atoms with E-state index >= 15 is 0 Å². The molecule has 1 aliphatic rings. The van der Waals surface area contributed by atoms with Crippen molar-refractivity contribution >= 4 is 28.8 Å². The number of aryl methyl sites for hydroxylation is 3. The highest BCUT2D eigenvalue weighted by Crippen LogP contribution is 2.39. The van der Waals surface area contributed by atoms with Gasteiger partial charge in [-0.1, -0.05) is 53.6 Å². The zero-order valence-corrected chi connectivity index (χ0v) is 20.6. The minimum atomic E-state index is -0.299. The summed E-state index contributed by atoms with van der Waals surface area (Å²) in [6.07, 6.45) is 4.98. The van der Waals surface area contributed by atoms with Crippen LogP contribution in [-0.4, -0.2) is 14.9 Å². The van der Waals surface area contributed by atoms with E-state index in [-0.39, 0.29) is 11.7 Å². The molecular weight excluding hydrogens is 473 g/mol. The van der Waals surface area contributed by atoms with Crippen molar-refractivity contribution in [1.29, 1.82) is 0 Å². The Morgan fingerprint density at radius 3 is 2.33 bits per heavy atom. The van der Waals surface area contributed by atoms with Crippen molar-refractivity contribution in [2.45, 2.75) is 32.7 Å². The van der Waals surface area contributed by atoms with E-state index in [1.165, 1.54) is 17.7 Å². The average Bonchev–Trinajstić information content (AvgIpc) is 3.29. The molecular formula is C30H25ClFN3O. The summed E-state index contributed by atoms with van der Waals surface area (Å²) in [5.74, 6) is -0.516. The van der Waals surface area contributed by atoms with E-state index in [4.69, 9.17) is 11.6 Å². The molecule has 2 aromatic heterocycles. The summed E-state index contributed by atoms with van der Waals surface area (Å²) < 4.78 is 18.2. The Balaban J connectivity index is 1.60. The van der Waals surface area contributed by atoms with E-state index in [1.807, 2.05) is 4.40 Å². The Bertz CT molecular complexity index is 1580. The van der Waals surface area contributed by atoms with Crippen LogP contribution < -0.4 is 5.32 Å². The van der Waals surface area contributed by atoms with Crippen molar-refractivity contribution in [3.8, 4) is 22.4 Å². The van der Waals surface area contributed by atoms with Crippen molar-refractivity contribution in [1.82, 2.24) is 8.97 Å². The zero-order chi connectivity index (χ0) is 24.8. The number of amides is 1. The number of benzene rings is 3. The highest BCUT2D eigenvalue weighted by Gasteiger charge is 2.29. The quantitative estimate of drug-likeness (QED) is 0.270. The number of hydrogen-bond donors (Lipinski definition) is 1. The maximum Gasteiger partial charge on any atom is 0.273 e. The van der Waals surface area contributed by atoms with Crippen LogP contribution in [0.1, 0.15) is 34.5 Å². The number of halogens is 2. The molecule has 1 amide bonds. The number of carbonyl (C=O) groups is 1. The van der Waals surface area contributed by atoms with Gasteiger partial charge in [0.2, 0.25) is 0 Å². The van der Waals surface area contributed by atoms with Crippen LogP contribution in [-0.2, 0) is 13.0 Å². The van der Waals surface area contributed by atoms with Gasteiger partial charge in [0.1, 0.15) is 17.2 Å². The fourth-order valence-electron chi connectivity index (χ4n) is 5.21. The van der Waals surface area contributed by atoms with Gasteiger partial charge in [-0.25, -0.2) is 4.39 Å². The molecule has 1 N–H and O–H groups in total. The predicted molar refractivity (Wildman–Crippen MR) is 143 cm³/mol. The van der Waals surface area contributed by atoms with Gasteiger partial charge in [0.25, 0.3) is 5.91 Å².